The maximum Gasteiger partial charge on any atom is 0.341 e. The number of halogens is 2. The topological polar surface area (TPSA) is 109 Å². The molecule has 3 heterocycles. The van der Waals surface area contributed by atoms with Crippen LogP contribution in [0.2, 0.25) is 0 Å². The van der Waals surface area contributed by atoms with Gasteiger partial charge in [0.1, 0.15) is 24.5 Å². The van der Waals surface area contributed by atoms with E-state index in [2.05, 4.69) is 15.5 Å². The zero-order valence-electron chi connectivity index (χ0n) is 18.3. The van der Waals surface area contributed by atoms with Crippen LogP contribution in [0.15, 0.2) is 22.2 Å². The van der Waals surface area contributed by atoms with Gasteiger partial charge in [-0.2, -0.15) is 0 Å². The predicted molar refractivity (Wildman–Crippen MR) is 117 cm³/mol. The minimum Gasteiger partial charge on any atom is -0.477 e. The van der Waals surface area contributed by atoms with Crippen molar-refractivity contribution >= 4 is 28.5 Å². The van der Waals surface area contributed by atoms with Crippen LogP contribution in [0.1, 0.15) is 42.6 Å². The fourth-order valence-corrected chi connectivity index (χ4v) is 4.46. The molecule has 3 aliphatic rings. The van der Waals surface area contributed by atoms with Crippen LogP contribution >= 0.6 is 0 Å². The van der Waals surface area contributed by atoms with E-state index in [1.165, 1.54) is 11.7 Å². The Hall–Kier alpha value is -3.08. The molecule has 0 radical (unpaired) electrons. The van der Waals surface area contributed by atoms with Gasteiger partial charge in [-0.25, -0.2) is 18.6 Å². The van der Waals surface area contributed by atoms with E-state index in [1.807, 2.05) is 6.92 Å². The van der Waals surface area contributed by atoms with Crippen LogP contribution < -0.4 is 15.6 Å². The molecule has 3 fully saturated rings. The van der Waals surface area contributed by atoms with Gasteiger partial charge in [-0.1, -0.05) is 12.1 Å². The Morgan fingerprint density at radius 1 is 1.45 bits per heavy atom. The number of carboxylic acids is 1. The number of pyridine rings is 2. The van der Waals surface area contributed by atoms with E-state index in [9.17, 15) is 19.1 Å². The highest BCUT2D eigenvalue weighted by Crippen LogP contribution is 2.41. The maximum absolute atomic E-state index is 15.2. The third-order valence-corrected chi connectivity index (χ3v) is 6.64. The van der Waals surface area contributed by atoms with Crippen LogP contribution in [0, 0.1) is 11.2 Å². The molecule has 2 saturated carbocycles. The summed E-state index contributed by atoms with van der Waals surface area (Å²) in [6.45, 7) is 3.35. The lowest BCUT2D eigenvalue weighted by atomic mass is 9.88. The SMILES string of the molecule is CO/N=C1/CN(c2nc3c(cc2F)c(=O)c(C(=O)O)cn3[C@@H]2C[C@@H]2F)CC1(C)CNC1CC1. The lowest BCUT2D eigenvalue weighted by Gasteiger charge is -2.25. The second-order valence-electron chi connectivity index (χ2n) is 9.36. The van der Waals surface area contributed by atoms with Gasteiger partial charge in [-0.05, 0) is 18.9 Å². The zero-order chi connectivity index (χ0) is 23.5. The normalized spacial score (nSPS) is 28.0. The van der Waals surface area contributed by atoms with Gasteiger partial charge in [-0.3, -0.25) is 4.79 Å². The van der Waals surface area contributed by atoms with Crippen LogP contribution in [0.25, 0.3) is 11.0 Å². The van der Waals surface area contributed by atoms with Crippen molar-refractivity contribution in [1.82, 2.24) is 14.9 Å². The molecule has 1 unspecified atom stereocenters. The molecule has 2 aliphatic carbocycles. The first-order valence-corrected chi connectivity index (χ1v) is 10.9. The van der Waals surface area contributed by atoms with Gasteiger partial charge in [0.05, 0.1) is 23.7 Å². The van der Waals surface area contributed by atoms with E-state index >= 15 is 4.39 Å². The quantitative estimate of drug-likeness (QED) is 0.608. The Kier molecular flexibility index (Phi) is 5.11. The van der Waals surface area contributed by atoms with E-state index in [4.69, 9.17) is 4.84 Å². The standard InChI is InChI=1S/C22H25F2N5O4/c1-22(9-25-11-3-4-11)10-28(8-17(22)27-33-2)20-15(24)5-12-18(30)13(21(31)32)7-29(19(12)26-20)16-6-14(16)23/h5,7,11,14,16,25H,3-4,6,8-10H2,1-2H3,(H,31,32)/b27-17-/t14-,16+,22?/m0/s1. The highest BCUT2D eigenvalue weighted by Gasteiger charge is 2.44. The van der Waals surface area contributed by atoms with Crippen molar-refractivity contribution in [3.05, 3.63) is 33.9 Å². The largest absolute Gasteiger partial charge is 0.477 e. The lowest BCUT2D eigenvalue weighted by molar-refractivity contribution is 0.0694. The van der Waals surface area contributed by atoms with Crippen LogP contribution in [-0.2, 0) is 4.84 Å². The third kappa shape index (κ3) is 3.84. The summed E-state index contributed by atoms with van der Waals surface area (Å²) in [5.41, 5.74) is -0.991. The fourth-order valence-electron chi connectivity index (χ4n) is 4.46. The van der Waals surface area contributed by atoms with Crippen molar-refractivity contribution in [3.8, 4) is 0 Å². The number of carboxylic acid groups (broad SMARTS) is 1. The number of aromatic nitrogens is 2. The van der Waals surface area contributed by atoms with Gasteiger partial charge in [0, 0.05) is 37.2 Å². The number of carbonyl (C=O) groups is 1. The number of alkyl halides is 1. The second kappa shape index (κ2) is 7.75. The number of nitrogens with zero attached hydrogens (tertiary/aromatic N) is 4. The van der Waals surface area contributed by atoms with E-state index in [-0.39, 0.29) is 29.8 Å². The fraction of sp³-hybridized carbons (Fsp3) is 0.545. The van der Waals surface area contributed by atoms with Crippen LogP contribution in [-0.4, -0.2) is 65.3 Å². The molecule has 3 atom stereocenters. The van der Waals surface area contributed by atoms with Gasteiger partial charge in [-0.15, -0.1) is 0 Å². The molecule has 0 bridgehead atoms. The lowest BCUT2D eigenvalue weighted by Crippen LogP contribution is -2.39. The molecule has 11 heteroatoms. The van der Waals surface area contributed by atoms with E-state index in [0.29, 0.717) is 19.1 Å². The molecule has 1 aliphatic heterocycles. The Balaban J connectivity index is 1.58. The number of hydrogen-bond donors (Lipinski definition) is 2. The highest BCUT2D eigenvalue weighted by molar-refractivity contribution is 5.97. The number of aromatic carboxylic acids is 1. The Labute approximate surface area is 188 Å². The average molecular weight is 461 g/mol. The maximum atomic E-state index is 15.2. The first-order chi connectivity index (χ1) is 15.7. The number of anilines is 1. The summed E-state index contributed by atoms with van der Waals surface area (Å²) < 4.78 is 30.5. The predicted octanol–water partition coefficient (Wildman–Crippen LogP) is 2.10. The highest BCUT2D eigenvalue weighted by atomic mass is 19.1. The summed E-state index contributed by atoms with van der Waals surface area (Å²) in [7, 11) is 1.46. The van der Waals surface area contributed by atoms with E-state index in [1.54, 1.807) is 4.90 Å². The molecule has 0 aromatic carbocycles. The molecule has 2 N–H and O–H groups in total. The first kappa shape index (κ1) is 21.7. The van der Waals surface area contributed by atoms with Gasteiger partial charge >= 0.3 is 5.97 Å². The molecular weight excluding hydrogens is 436 g/mol. The third-order valence-electron chi connectivity index (χ3n) is 6.64. The van der Waals surface area contributed by atoms with Gasteiger partial charge in [0.25, 0.3) is 0 Å². The minimum absolute atomic E-state index is 0.00809. The van der Waals surface area contributed by atoms with Crippen molar-refractivity contribution in [2.24, 2.45) is 10.6 Å². The van der Waals surface area contributed by atoms with E-state index < -0.39 is 40.4 Å². The number of hydrogen-bond acceptors (Lipinski definition) is 7. The van der Waals surface area contributed by atoms with Gasteiger partial charge < -0.3 is 24.7 Å². The Morgan fingerprint density at radius 2 is 2.18 bits per heavy atom. The number of rotatable bonds is 7. The zero-order valence-corrected chi connectivity index (χ0v) is 18.3. The summed E-state index contributed by atoms with van der Waals surface area (Å²) in [4.78, 5) is 35.4. The Morgan fingerprint density at radius 3 is 2.79 bits per heavy atom. The van der Waals surface area contributed by atoms with Gasteiger partial charge in [0.2, 0.25) is 5.43 Å². The summed E-state index contributed by atoms with van der Waals surface area (Å²) in [5, 5.41) is 16.9. The van der Waals surface area contributed by atoms with Crippen molar-refractivity contribution in [2.75, 3.05) is 31.6 Å². The van der Waals surface area contributed by atoms with Crippen molar-refractivity contribution in [3.63, 3.8) is 0 Å². The van der Waals surface area contributed by atoms with Crippen molar-refractivity contribution < 1.29 is 23.5 Å². The van der Waals surface area contributed by atoms with Gasteiger partial charge in [0.15, 0.2) is 11.6 Å². The van der Waals surface area contributed by atoms with Crippen LogP contribution in [0.5, 0.6) is 0 Å². The minimum atomic E-state index is -1.45. The molecule has 2 aromatic heterocycles. The van der Waals surface area contributed by atoms with Crippen LogP contribution in [0.3, 0.4) is 0 Å². The summed E-state index contributed by atoms with van der Waals surface area (Å²) in [5.74, 6) is -2.19. The molecule has 176 valence electrons. The molecule has 2 aromatic rings. The molecule has 0 amide bonds. The van der Waals surface area contributed by atoms with Crippen molar-refractivity contribution in [1.29, 1.82) is 0 Å². The number of fused-ring (bicyclic) bond motifs is 1. The molecular formula is C22H25F2N5O4. The molecule has 1 saturated heterocycles. The summed E-state index contributed by atoms with van der Waals surface area (Å²) in [6, 6.07) is 0.860. The van der Waals surface area contributed by atoms with Crippen LogP contribution in [0.4, 0.5) is 14.6 Å². The second-order valence-corrected chi connectivity index (χ2v) is 9.36. The summed E-state index contributed by atoms with van der Waals surface area (Å²) >= 11 is 0. The van der Waals surface area contributed by atoms with E-state index in [0.717, 1.165) is 30.8 Å². The monoisotopic (exact) mass is 461 g/mol. The van der Waals surface area contributed by atoms with Crippen molar-refractivity contribution in [2.45, 2.75) is 44.4 Å². The molecule has 5 rings (SSSR count). The number of oxime groups is 1. The smallest absolute Gasteiger partial charge is 0.341 e. The molecule has 9 nitrogen and oxygen atoms in total. The first-order valence-electron chi connectivity index (χ1n) is 10.9. The Bertz CT molecular complexity index is 1230. The summed E-state index contributed by atoms with van der Waals surface area (Å²) in [6.07, 6.45) is 2.38. The molecule has 0 spiro atoms. The average Bonchev–Trinajstić information content (AvgIpc) is 3.68. The molecule has 33 heavy (non-hydrogen) atoms. The number of nitrogens with one attached hydrogen (secondary N) is 1.